The Morgan fingerprint density at radius 3 is 2.65 bits per heavy atom. The molecule has 3 nitrogen and oxygen atoms in total. The molecular weight excluding hydrogens is 321 g/mol. The van der Waals surface area contributed by atoms with Gasteiger partial charge in [-0.1, -0.05) is 12.1 Å². The summed E-state index contributed by atoms with van der Waals surface area (Å²) in [7, 11) is 1.96. The third kappa shape index (κ3) is 2.45. The van der Waals surface area contributed by atoms with Crippen molar-refractivity contribution in [3.8, 4) is 0 Å². The van der Waals surface area contributed by atoms with E-state index in [4.69, 9.17) is 0 Å². The summed E-state index contributed by atoms with van der Waals surface area (Å²) in [5.41, 5.74) is 3.03. The number of hydrogen-bond acceptors (Lipinski definition) is 2. The Bertz CT molecular complexity index is 750. The molecule has 5 heteroatoms. The van der Waals surface area contributed by atoms with Gasteiger partial charge in [-0.3, -0.25) is 0 Å². The number of aryl methyl sites for hydroxylation is 3. The van der Waals surface area contributed by atoms with Crippen molar-refractivity contribution in [2.24, 2.45) is 7.05 Å². The van der Waals surface area contributed by atoms with Gasteiger partial charge in [-0.05, 0) is 46.5 Å². The molecule has 0 aliphatic heterocycles. The summed E-state index contributed by atoms with van der Waals surface area (Å²) in [4.78, 5) is 8.69. The van der Waals surface area contributed by atoms with E-state index in [-0.39, 0.29) is 5.82 Å². The molecule has 102 valence electrons. The van der Waals surface area contributed by atoms with E-state index in [9.17, 15) is 4.39 Å². The highest BCUT2D eigenvalue weighted by Gasteiger charge is 2.11. The van der Waals surface area contributed by atoms with Crippen LogP contribution in [0.4, 0.5) is 4.39 Å². The zero-order valence-electron chi connectivity index (χ0n) is 11.0. The standard InChI is InChI=1S/C15H13BrFN3/c1-20-8-12(16)14-13(18-9-19-15(14)20)7-4-10-2-5-11(17)6-3-10/h2-3,5-6,8-9H,4,7H2,1H3. The molecule has 2 heterocycles. The number of halogens is 2. The Morgan fingerprint density at radius 2 is 1.90 bits per heavy atom. The lowest BCUT2D eigenvalue weighted by Gasteiger charge is -2.04. The van der Waals surface area contributed by atoms with Crippen LogP contribution in [-0.4, -0.2) is 14.5 Å². The van der Waals surface area contributed by atoms with Gasteiger partial charge < -0.3 is 4.57 Å². The van der Waals surface area contributed by atoms with Crippen molar-refractivity contribution in [3.05, 3.63) is 58.3 Å². The first-order valence-corrected chi connectivity index (χ1v) is 7.13. The maximum atomic E-state index is 12.9. The molecular formula is C15H13BrFN3. The lowest BCUT2D eigenvalue weighted by molar-refractivity contribution is 0.627. The maximum Gasteiger partial charge on any atom is 0.144 e. The van der Waals surface area contributed by atoms with Gasteiger partial charge in [-0.2, -0.15) is 0 Å². The minimum absolute atomic E-state index is 0.205. The van der Waals surface area contributed by atoms with Crippen LogP contribution in [0.5, 0.6) is 0 Å². The van der Waals surface area contributed by atoms with Crippen LogP contribution in [0.2, 0.25) is 0 Å². The predicted octanol–water partition coefficient (Wildman–Crippen LogP) is 3.66. The zero-order chi connectivity index (χ0) is 14.1. The Hall–Kier alpha value is -1.75. The molecule has 0 saturated heterocycles. The molecule has 2 aromatic heterocycles. The number of fused-ring (bicyclic) bond motifs is 1. The van der Waals surface area contributed by atoms with Crippen LogP contribution in [0, 0.1) is 5.82 Å². The summed E-state index contributed by atoms with van der Waals surface area (Å²) in [6.45, 7) is 0. The number of benzene rings is 1. The van der Waals surface area contributed by atoms with Crippen molar-refractivity contribution in [1.82, 2.24) is 14.5 Å². The Balaban J connectivity index is 1.89. The molecule has 20 heavy (non-hydrogen) atoms. The minimum Gasteiger partial charge on any atom is -0.334 e. The summed E-state index contributed by atoms with van der Waals surface area (Å²) in [5.74, 6) is -0.205. The highest BCUT2D eigenvalue weighted by Crippen LogP contribution is 2.26. The van der Waals surface area contributed by atoms with E-state index in [1.807, 2.05) is 29.9 Å². The van der Waals surface area contributed by atoms with Crippen LogP contribution in [0.25, 0.3) is 11.0 Å². The summed E-state index contributed by atoms with van der Waals surface area (Å²) in [6, 6.07) is 6.61. The normalized spacial score (nSPS) is 11.2. The second kappa shape index (κ2) is 5.32. The molecule has 1 aromatic carbocycles. The molecule has 0 aliphatic carbocycles. The van der Waals surface area contributed by atoms with Crippen LogP contribution in [0.3, 0.4) is 0 Å². The largest absolute Gasteiger partial charge is 0.334 e. The summed E-state index contributed by atoms with van der Waals surface area (Å²) in [5, 5.41) is 1.05. The number of hydrogen-bond donors (Lipinski definition) is 0. The van der Waals surface area contributed by atoms with Gasteiger partial charge in [0.25, 0.3) is 0 Å². The molecule has 0 radical (unpaired) electrons. The molecule has 3 aromatic rings. The van der Waals surface area contributed by atoms with Gasteiger partial charge in [0.2, 0.25) is 0 Å². The van der Waals surface area contributed by atoms with E-state index in [1.54, 1.807) is 6.33 Å². The third-order valence-corrected chi connectivity index (χ3v) is 3.95. The van der Waals surface area contributed by atoms with Crippen LogP contribution < -0.4 is 0 Å². The first kappa shape index (κ1) is 13.2. The summed E-state index contributed by atoms with van der Waals surface area (Å²) >= 11 is 3.55. The molecule has 0 N–H and O–H groups in total. The molecule has 0 unspecified atom stereocenters. The van der Waals surface area contributed by atoms with E-state index in [2.05, 4.69) is 25.9 Å². The van der Waals surface area contributed by atoms with E-state index in [0.717, 1.165) is 39.6 Å². The minimum atomic E-state index is -0.205. The quantitative estimate of drug-likeness (QED) is 0.732. The van der Waals surface area contributed by atoms with Gasteiger partial charge in [0.05, 0.1) is 11.1 Å². The topological polar surface area (TPSA) is 30.7 Å². The molecule has 0 fully saturated rings. The van der Waals surface area contributed by atoms with Crippen LogP contribution in [-0.2, 0) is 19.9 Å². The van der Waals surface area contributed by atoms with Gasteiger partial charge in [0.15, 0.2) is 0 Å². The van der Waals surface area contributed by atoms with E-state index in [0.29, 0.717) is 0 Å². The molecule has 3 rings (SSSR count). The Morgan fingerprint density at radius 1 is 1.15 bits per heavy atom. The van der Waals surface area contributed by atoms with Crippen molar-refractivity contribution in [1.29, 1.82) is 0 Å². The first-order chi connectivity index (χ1) is 9.65. The van der Waals surface area contributed by atoms with E-state index in [1.165, 1.54) is 12.1 Å². The summed E-state index contributed by atoms with van der Waals surface area (Å²) < 4.78 is 15.9. The first-order valence-electron chi connectivity index (χ1n) is 6.34. The molecule has 0 saturated carbocycles. The van der Waals surface area contributed by atoms with Gasteiger partial charge >= 0.3 is 0 Å². The highest BCUT2D eigenvalue weighted by atomic mass is 79.9. The monoisotopic (exact) mass is 333 g/mol. The van der Waals surface area contributed by atoms with Crippen LogP contribution in [0.1, 0.15) is 11.3 Å². The van der Waals surface area contributed by atoms with Gasteiger partial charge in [0, 0.05) is 17.7 Å². The lowest BCUT2D eigenvalue weighted by atomic mass is 10.1. The Kier molecular flexibility index (Phi) is 3.53. The second-order valence-electron chi connectivity index (χ2n) is 4.73. The summed E-state index contributed by atoms with van der Waals surface area (Å²) in [6.07, 6.45) is 5.20. The van der Waals surface area contributed by atoms with E-state index >= 15 is 0 Å². The second-order valence-corrected chi connectivity index (χ2v) is 5.59. The SMILES string of the molecule is Cn1cc(Br)c2c(CCc3ccc(F)cc3)ncnc21. The molecule has 0 atom stereocenters. The van der Waals surface area contributed by atoms with Crippen molar-refractivity contribution < 1.29 is 4.39 Å². The predicted molar refractivity (Wildman–Crippen MR) is 80.0 cm³/mol. The zero-order valence-corrected chi connectivity index (χ0v) is 12.6. The average Bonchev–Trinajstić information content (AvgIpc) is 2.74. The average molecular weight is 334 g/mol. The van der Waals surface area contributed by atoms with Crippen molar-refractivity contribution >= 4 is 27.0 Å². The van der Waals surface area contributed by atoms with E-state index < -0.39 is 0 Å². The Labute approximate surface area is 124 Å². The molecule has 0 bridgehead atoms. The molecule has 0 aliphatic rings. The van der Waals surface area contributed by atoms with Crippen molar-refractivity contribution in [3.63, 3.8) is 0 Å². The van der Waals surface area contributed by atoms with Crippen molar-refractivity contribution in [2.45, 2.75) is 12.8 Å². The maximum absolute atomic E-state index is 12.9. The van der Waals surface area contributed by atoms with Gasteiger partial charge in [-0.25, -0.2) is 14.4 Å². The highest BCUT2D eigenvalue weighted by molar-refractivity contribution is 9.10. The van der Waals surface area contributed by atoms with Crippen LogP contribution >= 0.6 is 15.9 Å². The number of rotatable bonds is 3. The van der Waals surface area contributed by atoms with Gasteiger partial charge in [-0.15, -0.1) is 0 Å². The number of aromatic nitrogens is 3. The fourth-order valence-electron chi connectivity index (χ4n) is 2.32. The number of nitrogens with zero attached hydrogens (tertiary/aromatic N) is 3. The molecule has 0 amide bonds. The smallest absolute Gasteiger partial charge is 0.144 e. The fraction of sp³-hybridized carbons (Fsp3) is 0.200. The third-order valence-electron chi connectivity index (χ3n) is 3.35. The lowest BCUT2D eigenvalue weighted by Crippen LogP contribution is -1.98. The van der Waals surface area contributed by atoms with Gasteiger partial charge in [0.1, 0.15) is 17.8 Å². The van der Waals surface area contributed by atoms with Crippen LogP contribution in [0.15, 0.2) is 41.3 Å². The fourth-order valence-corrected chi connectivity index (χ4v) is 3.04. The van der Waals surface area contributed by atoms with Crippen molar-refractivity contribution in [2.75, 3.05) is 0 Å². The molecule has 0 spiro atoms.